The van der Waals surface area contributed by atoms with E-state index in [1.165, 1.54) is 22.9 Å². The largest absolute Gasteiger partial charge is 0.494 e. The van der Waals surface area contributed by atoms with Crippen molar-refractivity contribution in [3.05, 3.63) is 33.8 Å². The number of amides is 2. The van der Waals surface area contributed by atoms with Gasteiger partial charge in [0.05, 0.1) is 32.0 Å². The normalized spacial score (nSPS) is 22.1. The molecule has 33 heavy (non-hydrogen) atoms. The summed E-state index contributed by atoms with van der Waals surface area (Å²) in [5.41, 5.74) is -2.30. The highest BCUT2D eigenvalue weighted by molar-refractivity contribution is 5.97. The van der Waals surface area contributed by atoms with Crippen LogP contribution < -0.4 is 10.9 Å². The van der Waals surface area contributed by atoms with Gasteiger partial charge in [-0.2, -0.15) is 9.61 Å². The third kappa shape index (κ3) is 4.12. The summed E-state index contributed by atoms with van der Waals surface area (Å²) in [6, 6.07) is -0.100. The Labute approximate surface area is 188 Å². The number of hydrogen-bond acceptors (Lipinski definition) is 6. The number of alkyl halides is 1. The molecule has 2 aliphatic carbocycles. The molecule has 1 aliphatic heterocycles. The number of hydrogen-bond donors (Lipinski definition) is 2. The van der Waals surface area contributed by atoms with Crippen LogP contribution in [0, 0.1) is 0 Å². The van der Waals surface area contributed by atoms with Crippen LogP contribution in [0.25, 0.3) is 11.7 Å². The van der Waals surface area contributed by atoms with E-state index in [1.807, 2.05) is 6.92 Å². The van der Waals surface area contributed by atoms with Crippen molar-refractivity contribution in [2.75, 3.05) is 19.8 Å². The van der Waals surface area contributed by atoms with E-state index in [0.29, 0.717) is 38.2 Å². The fraction of sp³-hybridized carbons (Fsp3) is 0.545. The number of carbonyl (C=O) groups is 2. The lowest BCUT2D eigenvalue weighted by Crippen LogP contribution is -2.46. The molecule has 2 N–H and O–H groups in total. The fourth-order valence-electron chi connectivity index (χ4n) is 4.05. The Morgan fingerprint density at radius 2 is 2.15 bits per heavy atom. The summed E-state index contributed by atoms with van der Waals surface area (Å²) in [4.78, 5) is 40.0. The van der Waals surface area contributed by atoms with Gasteiger partial charge in [0.1, 0.15) is 11.3 Å². The molecule has 0 unspecified atom stereocenters. The first-order chi connectivity index (χ1) is 15.8. The van der Waals surface area contributed by atoms with Crippen molar-refractivity contribution in [1.29, 1.82) is 0 Å². The molecule has 3 fully saturated rings. The SMILES string of the molecule is C[C@H]1COCCN1C(=O)/C=C/c1cnn2c(=O)c(C(=O)NC3CC3)c(O)n(CC3(F)CC3)c12. The Morgan fingerprint density at radius 1 is 1.39 bits per heavy atom. The van der Waals surface area contributed by atoms with E-state index < -0.39 is 28.6 Å². The van der Waals surface area contributed by atoms with E-state index in [1.54, 1.807) is 4.90 Å². The number of ether oxygens (including phenoxy) is 1. The molecule has 1 atom stereocenters. The molecule has 11 heteroatoms. The van der Waals surface area contributed by atoms with Crippen molar-refractivity contribution >= 4 is 23.5 Å². The zero-order valence-corrected chi connectivity index (χ0v) is 18.3. The number of fused-ring (bicyclic) bond motifs is 1. The predicted molar refractivity (Wildman–Crippen MR) is 116 cm³/mol. The first-order valence-electron chi connectivity index (χ1n) is 11.2. The molecule has 3 aliphatic rings. The van der Waals surface area contributed by atoms with Gasteiger partial charge in [-0.05, 0) is 38.7 Å². The second-order valence-corrected chi connectivity index (χ2v) is 9.11. The number of halogens is 1. The maximum Gasteiger partial charge on any atom is 0.291 e. The van der Waals surface area contributed by atoms with Crippen LogP contribution in [0.15, 0.2) is 17.1 Å². The molecule has 0 radical (unpaired) electrons. The van der Waals surface area contributed by atoms with Gasteiger partial charge in [0.15, 0.2) is 5.56 Å². The number of morpholine rings is 1. The smallest absolute Gasteiger partial charge is 0.291 e. The van der Waals surface area contributed by atoms with E-state index in [4.69, 9.17) is 4.74 Å². The minimum Gasteiger partial charge on any atom is -0.494 e. The number of carbonyl (C=O) groups excluding carboxylic acids is 2. The maximum atomic E-state index is 14.8. The van der Waals surface area contributed by atoms with Crippen LogP contribution in [0.2, 0.25) is 0 Å². The zero-order valence-electron chi connectivity index (χ0n) is 18.3. The highest BCUT2D eigenvalue weighted by Gasteiger charge is 2.45. The molecule has 2 aromatic rings. The van der Waals surface area contributed by atoms with E-state index in [-0.39, 0.29) is 30.2 Å². The molecular weight excluding hydrogens is 433 g/mol. The van der Waals surface area contributed by atoms with Gasteiger partial charge in [0.2, 0.25) is 11.8 Å². The Kier molecular flexibility index (Phi) is 5.23. The quantitative estimate of drug-likeness (QED) is 0.619. The topological polar surface area (TPSA) is 118 Å². The van der Waals surface area contributed by atoms with Crippen LogP contribution >= 0.6 is 0 Å². The molecule has 10 nitrogen and oxygen atoms in total. The van der Waals surface area contributed by atoms with Crippen molar-refractivity contribution in [2.24, 2.45) is 0 Å². The second-order valence-electron chi connectivity index (χ2n) is 9.11. The molecule has 1 saturated heterocycles. The van der Waals surface area contributed by atoms with Gasteiger partial charge in [-0.1, -0.05) is 0 Å². The van der Waals surface area contributed by atoms with E-state index in [2.05, 4.69) is 10.4 Å². The summed E-state index contributed by atoms with van der Waals surface area (Å²) >= 11 is 0. The number of nitrogens with zero attached hydrogens (tertiary/aromatic N) is 4. The van der Waals surface area contributed by atoms with Crippen LogP contribution in [0.4, 0.5) is 4.39 Å². The average molecular weight is 459 g/mol. The van der Waals surface area contributed by atoms with Crippen LogP contribution in [0.3, 0.4) is 0 Å². The van der Waals surface area contributed by atoms with Crippen LogP contribution in [0.5, 0.6) is 5.88 Å². The molecule has 176 valence electrons. The molecule has 2 aromatic heterocycles. The molecule has 2 amide bonds. The van der Waals surface area contributed by atoms with Gasteiger partial charge in [-0.15, -0.1) is 0 Å². The third-order valence-electron chi connectivity index (χ3n) is 6.34. The highest BCUT2D eigenvalue weighted by atomic mass is 19.1. The third-order valence-corrected chi connectivity index (χ3v) is 6.34. The van der Waals surface area contributed by atoms with E-state index in [9.17, 15) is 23.9 Å². The van der Waals surface area contributed by atoms with Crippen LogP contribution in [-0.4, -0.2) is 73.5 Å². The minimum absolute atomic E-state index is 0.0268. The lowest BCUT2D eigenvalue weighted by molar-refractivity contribution is -0.133. The van der Waals surface area contributed by atoms with Crippen LogP contribution in [-0.2, 0) is 16.1 Å². The number of rotatable bonds is 6. The Morgan fingerprint density at radius 3 is 2.82 bits per heavy atom. The van der Waals surface area contributed by atoms with Gasteiger partial charge in [0, 0.05) is 24.2 Å². The lowest BCUT2D eigenvalue weighted by Gasteiger charge is -2.32. The summed E-state index contributed by atoms with van der Waals surface area (Å²) in [7, 11) is 0. The van der Waals surface area contributed by atoms with Crippen molar-refractivity contribution in [2.45, 2.75) is 56.9 Å². The Hall–Kier alpha value is -3.21. The maximum absolute atomic E-state index is 14.8. The van der Waals surface area contributed by atoms with Crippen molar-refractivity contribution in [1.82, 2.24) is 24.4 Å². The summed E-state index contributed by atoms with van der Waals surface area (Å²) in [5, 5.41) is 17.7. The van der Waals surface area contributed by atoms with Gasteiger partial charge in [0.25, 0.3) is 11.5 Å². The van der Waals surface area contributed by atoms with Crippen molar-refractivity contribution < 1.29 is 23.8 Å². The number of nitrogens with one attached hydrogen (secondary N) is 1. The first kappa shape index (κ1) is 21.6. The molecule has 5 rings (SSSR count). The molecule has 0 bridgehead atoms. The summed E-state index contributed by atoms with van der Waals surface area (Å²) in [6.07, 6.45) is 6.47. The molecule has 0 spiro atoms. The summed E-state index contributed by atoms with van der Waals surface area (Å²) in [5.74, 6) is -1.53. The lowest BCUT2D eigenvalue weighted by atomic mass is 10.2. The van der Waals surface area contributed by atoms with Crippen LogP contribution in [0.1, 0.15) is 48.5 Å². The Bertz CT molecular complexity index is 1210. The van der Waals surface area contributed by atoms with E-state index in [0.717, 1.165) is 17.4 Å². The van der Waals surface area contributed by atoms with Gasteiger partial charge < -0.3 is 20.1 Å². The zero-order chi connectivity index (χ0) is 23.3. The Balaban J connectivity index is 1.55. The molecule has 3 heterocycles. The summed E-state index contributed by atoms with van der Waals surface area (Å²) < 4.78 is 22.3. The minimum atomic E-state index is -1.53. The predicted octanol–water partition coefficient (Wildman–Crippen LogP) is 0.856. The van der Waals surface area contributed by atoms with Crippen molar-refractivity contribution in [3.8, 4) is 5.88 Å². The first-order valence-corrected chi connectivity index (χ1v) is 11.2. The number of aromatic hydroxyl groups is 1. The molecular formula is C22H26FN5O5. The van der Waals surface area contributed by atoms with Crippen molar-refractivity contribution in [3.63, 3.8) is 0 Å². The summed E-state index contributed by atoms with van der Waals surface area (Å²) in [6.45, 7) is 3.04. The number of aromatic nitrogens is 3. The second kappa shape index (κ2) is 7.98. The van der Waals surface area contributed by atoms with E-state index >= 15 is 0 Å². The van der Waals surface area contributed by atoms with Gasteiger partial charge in [-0.25, -0.2) is 4.39 Å². The average Bonchev–Trinajstić information content (AvgIpc) is 3.69. The van der Waals surface area contributed by atoms with Gasteiger partial charge in [-0.3, -0.25) is 19.0 Å². The molecule has 2 saturated carbocycles. The standard InChI is InChI=1S/C22H26FN5O5/c1-13-11-33-9-8-26(13)16(29)5-2-14-10-24-28-19(14)27(12-22(23)6-7-22)20(31)17(21(28)32)18(30)25-15-3-4-15/h2,5,10,13,15,31H,3-4,6-9,11-12H2,1H3,(H,25,30)/b5-2+/t13-/m0/s1. The highest BCUT2D eigenvalue weighted by Crippen LogP contribution is 2.42. The van der Waals surface area contributed by atoms with Gasteiger partial charge >= 0.3 is 0 Å². The monoisotopic (exact) mass is 459 g/mol. The fourth-order valence-corrected chi connectivity index (χ4v) is 4.05. The molecule has 0 aromatic carbocycles.